The molecule has 1 aromatic rings. The molecule has 0 aliphatic carbocycles. The number of piperidine rings is 1. The van der Waals surface area contributed by atoms with Gasteiger partial charge in [-0.25, -0.2) is 4.39 Å². The van der Waals surface area contributed by atoms with E-state index in [9.17, 15) is 9.50 Å². The van der Waals surface area contributed by atoms with Crippen LogP contribution in [-0.4, -0.2) is 40.7 Å². The van der Waals surface area contributed by atoms with Crippen LogP contribution in [0, 0.1) is 11.7 Å². The highest BCUT2D eigenvalue weighted by atomic mass is 19.1. The summed E-state index contributed by atoms with van der Waals surface area (Å²) in [4.78, 5) is 6.33. The van der Waals surface area contributed by atoms with Crippen LogP contribution in [0.2, 0.25) is 0 Å². The molecule has 0 saturated carbocycles. The number of aliphatic hydroxyl groups is 1. The number of aliphatic hydroxyl groups excluding tert-OH is 1. The molecule has 1 aliphatic heterocycles. The number of rotatable bonds is 4. The van der Waals surface area contributed by atoms with E-state index < -0.39 is 0 Å². The molecule has 3 atom stereocenters. The molecule has 4 nitrogen and oxygen atoms in total. The van der Waals surface area contributed by atoms with E-state index in [1.54, 1.807) is 6.07 Å². The van der Waals surface area contributed by atoms with Crippen molar-refractivity contribution in [2.24, 2.45) is 11.7 Å². The fourth-order valence-electron chi connectivity index (χ4n) is 2.50. The Morgan fingerprint density at radius 2 is 2.37 bits per heavy atom. The Morgan fingerprint density at radius 3 is 3.00 bits per heavy atom. The number of nitrogens with zero attached hydrogens (tertiary/aromatic N) is 2. The van der Waals surface area contributed by atoms with Gasteiger partial charge in [-0.1, -0.05) is 6.92 Å². The molecule has 0 bridgehead atoms. The van der Waals surface area contributed by atoms with Crippen LogP contribution in [0.5, 0.6) is 0 Å². The van der Waals surface area contributed by atoms with Crippen molar-refractivity contribution in [2.45, 2.75) is 31.9 Å². The van der Waals surface area contributed by atoms with Gasteiger partial charge in [0.2, 0.25) is 0 Å². The van der Waals surface area contributed by atoms with Crippen molar-refractivity contribution in [3.63, 3.8) is 0 Å². The van der Waals surface area contributed by atoms with Gasteiger partial charge in [0.1, 0.15) is 5.82 Å². The summed E-state index contributed by atoms with van der Waals surface area (Å²) in [6.07, 6.45) is 2.64. The third-order valence-electron chi connectivity index (χ3n) is 3.83. The van der Waals surface area contributed by atoms with E-state index >= 15 is 0 Å². The predicted molar refractivity (Wildman–Crippen MR) is 72.0 cm³/mol. The lowest BCUT2D eigenvalue weighted by Gasteiger charge is -2.34. The number of hydrogen-bond acceptors (Lipinski definition) is 4. The highest BCUT2D eigenvalue weighted by Gasteiger charge is 2.24. The molecule has 2 heterocycles. The number of nitrogens with two attached hydrogens (primary N) is 1. The third kappa shape index (κ3) is 3.96. The number of aromatic nitrogens is 1. The Balaban J connectivity index is 1.80. The Kier molecular flexibility index (Phi) is 4.85. The highest BCUT2D eigenvalue weighted by molar-refractivity contribution is 5.09. The molecular formula is C14H22FN3O. The van der Waals surface area contributed by atoms with Crippen molar-refractivity contribution < 1.29 is 9.50 Å². The first-order valence-corrected chi connectivity index (χ1v) is 6.83. The second-order valence-corrected chi connectivity index (χ2v) is 5.43. The lowest BCUT2D eigenvalue weighted by molar-refractivity contribution is 0.0341. The van der Waals surface area contributed by atoms with Crippen LogP contribution in [0.3, 0.4) is 0 Å². The predicted octanol–water partition coefficient (Wildman–Crippen LogP) is 1.31. The lowest BCUT2D eigenvalue weighted by Crippen LogP contribution is -2.42. The molecule has 0 amide bonds. The lowest BCUT2D eigenvalue weighted by atomic mass is 9.96. The molecule has 3 unspecified atom stereocenters. The van der Waals surface area contributed by atoms with E-state index in [1.165, 1.54) is 12.3 Å². The summed E-state index contributed by atoms with van der Waals surface area (Å²) in [5.74, 6) is -0.0243. The summed E-state index contributed by atoms with van der Waals surface area (Å²) in [5.41, 5.74) is 6.79. The van der Waals surface area contributed by atoms with E-state index in [4.69, 9.17) is 5.73 Å². The van der Waals surface area contributed by atoms with Gasteiger partial charge in [-0.05, 0) is 30.9 Å². The largest absolute Gasteiger partial charge is 0.393 e. The van der Waals surface area contributed by atoms with Crippen LogP contribution in [0.4, 0.5) is 4.39 Å². The van der Waals surface area contributed by atoms with Gasteiger partial charge >= 0.3 is 0 Å². The molecule has 3 N–H and O–H groups in total. The van der Waals surface area contributed by atoms with Crippen LogP contribution < -0.4 is 5.73 Å². The topological polar surface area (TPSA) is 62.4 Å². The molecule has 1 aromatic heterocycles. The summed E-state index contributed by atoms with van der Waals surface area (Å²) in [5, 5.41) is 9.68. The molecule has 19 heavy (non-hydrogen) atoms. The summed E-state index contributed by atoms with van der Waals surface area (Å²) in [7, 11) is 0. The molecule has 2 rings (SSSR count). The SMILES string of the molecule is CC1CN(CCC(N)c2ccc(F)cn2)CCC1O. The first-order valence-electron chi connectivity index (χ1n) is 6.83. The molecule has 0 aromatic carbocycles. The maximum atomic E-state index is 12.8. The second kappa shape index (κ2) is 6.41. The zero-order chi connectivity index (χ0) is 13.8. The molecular weight excluding hydrogens is 245 g/mol. The normalized spacial score (nSPS) is 26.3. The Hall–Kier alpha value is -1.04. The van der Waals surface area contributed by atoms with E-state index in [0.717, 1.165) is 38.2 Å². The average Bonchev–Trinajstić information content (AvgIpc) is 2.40. The Labute approximate surface area is 113 Å². The van der Waals surface area contributed by atoms with Gasteiger partial charge in [-0.2, -0.15) is 0 Å². The van der Waals surface area contributed by atoms with Crippen molar-refractivity contribution in [2.75, 3.05) is 19.6 Å². The van der Waals surface area contributed by atoms with Crippen molar-refractivity contribution in [1.29, 1.82) is 0 Å². The Bertz CT molecular complexity index is 398. The maximum Gasteiger partial charge on any atom is 0.141 e. The number of halogens is 1. The van der Waals surface area contributed by atoms with E-state index in [-0.39, 0.29) is 18.0 Å². The fraction of sp³-hybridized carbons (Fsp3) is 0.643. The van der Waals surface area contributed by atoms with E-state index in [1.807, 2.05) is 0 Å². The third-order valence-corrected chi connectivity index (χ3v) is 3.83. The van der Waals surface area contributed by atoms with Crippen molar-refractivity contribution in [3.8, 4) is 0 Å². The number of pyridine rings is 1. The molecule has 0 spiro atoms. The van der Waals surface area contributed by atoms with Gasteiger partial charge in [-0.15, -0.1) is 0 Å². The monoisotopic (exact) mass is 267 g/mol. The quantitative estimate of drug-likeness (QED) is 0.863. The van der Waals surface area contributed by atoms with Gasteiger partial charge in [0, 0.05) is 25.7 Å². The van der Waals surface area contributed by atoms with Crippen LogP contribution in [0.1, 0.15) is 31.5 Å². The molecule has 1 fully saturated rings. The van der Waals surface area contributed by atoms with Gasteiger partial charge in [0.05, 0.1) is 18.0 Å². The second-order valence-electron chi connectivity index (χ2n) is 5.43. The van der Waals surface area contributed by atoms with Crippen LogP contribution in [0.25, 0.3) is 0 Å². The summed E-state index contributed by atoms with van der Waals surface area (Å²) >= 11 is 0. The molecule has 1 aliphatic rings. The average molecular weight is 267 g/mol. The smallest absolute Gasteiger partial charge is 0.141 e. The molecule has 106 valence electrons. The number of hydrogen-bond donors (Lipinski definition) is 2. The van der Waals surface area contributed by atoms with Crippen LogP contribution in [-0.2, 0) is 0 Å². The molecule has 1 saturated heterocycles. The van der Waals surface area contributed by atoms with E-state index in [2.05, 4.69) is 16.8 Å². The zero-order valence-electron chi connectivity index (χ0n) is 11.3. The summed E-state index contributed by atoms with van der Waals surface area (Å²) in [6.45, 7) is 4.77. The fourth-order valence-corrected chi connectivity index (χ4v) is 2.50. The van der Waals surface area contributed by atoms with Crippen molar-refractivity contribution in [1.82, 2.24) is 9.88 Å². The van der Waals surface area contributed by atoms with Crippen LogP contribution in [0.15, 0.2) is 18.3 Å². The molecule has 5 heteroatoms. The first-order chi connectivity index (χ1) is 9.06. The minimum absolute atomic E-state index is 0.164. The number of likely N-dealkylation sites (tertiary alicyclic amines) is 1. The van der Waals surface area contributed by atoms with Crippen molar-refractivity contribution >= 4 is 0 Å². The summed E-state index contributed by atoms with van der Waals surface area (Å²) in [6, 6.07) is 2.87. The minimum Gasteiger partial charge on any atom is -0.393 e. The van der Waals surface area contributed by atoms with Gasteiger partial charge in [0.15, 0.2) is 0 Å². The van der Waals surface area contributed by atoms with E-state index in [0.29, 0.717) is 5.92 Å². The van der Waals surface area contributed by atoms with Gasteiger partial charge in [0.25, 0.3) is 0 Å². The standard InChI is InChI=1S/C14H22FN3O/c1-10-9-18(7-5-14(10)19)6-4-12(16)13-3-2-11(15)8-17-13/h2-3,8,10,12,14,19H,4-7,9,16H2,1H3. The van der Waals surface area contributed by atoms with Crippen molar-refractivity contribution in [3.05, 3.63) is 29.8 Å². The zero-order valence-corrected chi connectivity index (χ0v) is 11.3. The van der Waals surface area contributed by atoms with Gasteiger partial charge < -0.3 is 15.7 Å². The summed E-state index contributed by atoms with van der Waals surface area (Å²) < 4.78 is 12.8. The molecule has 0 radical (unpaired) electrons. The van der Waals surface area contributed by atoms with Gasteiger partial charge in [-0.3, -0.25) is 4.98 Å². The Morgan fingerprint density at radius 1 is 1.58 bits per heavy atom. The highest BCUT2D eigenvalue weighted by Crippen LogP contribution is 2.18. The minimum atomic E-state index is -0.338. The first kappa shape index (κ1) is 14.4. The maximum absolute atomic E-state index is 12.8. The van der Waals surface area contributed by atoms with Crippen LogP contribution >= 0.6 is 0 Å².